The Labute approximate surface area is 67.5 Å². The molecule has 0 aliphatic rings. The van der Waals surface area contributed by atoms with Crippen LogP contribution in [0.1, 0.15) is 6.92 Å². The van der Waals surface area contributed by atoms with Crippen molar-refractivity contribution in [3.05, 3.63) is 0 Å². The average Bonchev–Trinajstić information content (AvgIpc) is 1.46. The van der Waals surface area contributed by atoms with E-state index in [4.69, 9.17) is 8.56 Å². The van der Waals surface area contributed by atoms with Crippen LogP contribution in [0, 0.1) is 0 Å². The third kappa shape index (κ3) is 28.4. The van der Waals surface area contributed by atoms with Gasteiger partial charge in [0.1, 0.15) is 6.29 Å². The van der Waals surface area contributed by atoms with E-state index >= 15 is 0 Å². The molecule has 5 heavy (non-hydrogen) atoms. The van der Waals surface area contributed by atoms with Crippen LogP contribution >= 0.6 is 3.76 Å². The standard InChI is InChI=1S/C2H4O.ClH.K/c1-2-3;;/h2H,1H3;1H;/q;;+1/p-1. The first-order valence-electron chi connectivity index (χ1n) is 1.19. The third-order valence-corrected chi connectivity index (χ3v) is 0. The predicted molar refractivity (Wildman–Crippen MR) is 23.3 cm³/mol. The van der Waals surface area contributed by atoms with Crippen LogP contribution in [0.3, 0.4) is 0 Å². The van der Waals surface area contributed by atoms with Gasteiger partial charge in [0, 0.05) is 0 Å². The second-order valence-electron chi connectivity index (χ2n) is 0.236. The molecule has 0 rings (SSSR count). The van der Waals surface area contributed by atoms with Crippen molar-refractivity contribution >= 4 is 57.2 Å². The van der Waals surface area contributed by atoms with Crippen LogP contribution in [0.4, 0.5) is 0 Å². The van der Waals surface area contributed by atoms with Gasteiger partial charge in [-0.1, -0.05) is 0 Å². The maximum atomic E-state index is 8.81. The summed E-state index contributed by atoms with van der Waals surface area (Å²) in [4.78, 5) is 8.81. The van der Waals surface area contributed by atoms with E-state index in [-0.39, 0.29) is 0 Å². The first kappa shape index (κ1) is 9.78. The molecule has 0 aliphatic heterocycles. The van der Waals surface area contributed by atoms with E-state index in [2.05, 4.69) is 0 Å². The van der Waals surface area contributed by atoms with Crippen molar-refractivity contribution in [2.24, 2.45) is 0 Å². The third-order valence-electron chi connectivity index (χ3n) is 0. The van der Waals surface area contributed by atoms with Crippen LogP contribution in [0.25, 0.3) is 0 Å². The van der Waals surface area contributed by atoms with Crippen molar-refractivity contribution in [3.63, 3.8) is 0 Å². The average molecular weight is 119 g/mol. The summed E-state index contributed by atoms with van der Waals surface area (Å²) < 4.78 is 4.83. The number of hydrogen-bond donors (Lipinski definition) is 0. The minimum atomic E-state index is 0.535. The Hall–Kier alpha value is 1.60. The normalized spacial score (nSPS) is 4.00. The molecule has 0 radical (unpaired) electrons. The van der Waals surface area contributed by atoms with Gasteiger partial charge in [0.25, 0.3) is 0 Å². The molecule has 0 amide bonds. The molecular weight excluding hydrogens is 115 g/mol. The van der Waals surface area contributed by atoms with Gasteiger partial charge in [-0.15, -0.1) is 0 Å². The summed E-state index contributed by atoms with van der Waals surface area (Å²) in [6.45, 7) is 1.44. The zero-order valence-electron chi connectivity index (χ0n) is 3.36. The Balaban J connectivity index is 0. The van der Waals surface area contributed by atoms with Crippen molar-refractivity contribution in [1.82, 2.24) is 0 Å². The SMILES string of the molecule is CC=O.[Cl][K]. The van der Waals surface area contributed by atoms with Gasteiger partial charge in [0.15, 0.2) is 0 Å². The second kappa shape index (κ2) is 17.5. The van der Waals surface area contributed by atoms with Crippen molar-refractivity contribution in [2.45, 2.75) is 6.92 Å². The molecule has 0 aromatic carbocycles. The Kier molecular flexibility index (Phi) is 34.3. The van der Waals surface area contributed by atoms with Crippen LogP contribution in [-0.4, -0.2) is 53.4 Å². The fourth-order valence-electron chi connectivity index (χ4n) is 0. The summed E-state index contributed by atoms with van der Waals surface area (Å²) >= 11 is 0.535. The molecule has 0 aromatic heterocycles. The maximum absolute atomic E-state index is 8.81. The van der Waals surface area contributed by atoms with E-state index in [1.807, 2.05) is 0 Å². The minimum absolute atomic E-state index is 0.535. The number of carbonyl (C=O) groups excluding carboxylic acids is 1. The Morgan fingerprint density at radius 1 is 1.80 bits per heavy atom. The molecular formula is C2H4ClKO. The monoisotopic (exact) mass is 118 g/mol. The van der Waals surface area contributed by atoms with Crippen LogP contribution in [0.15, 0.2) is 0 Å². The molecule has 0 aliphatic carbocycles. The molecule has 1 nitrogen and oxygen atoms in total. The molecule has 0 atom stereocenters. The van der Waals surface area contributed by atoms with Gasteiger partial charge in [0.2, 0.25) is 0 Å². The molecule has 0 bridgehead atoms. The van der Waals surface area contributed by atoms with Gasteiger partial charge in [-0.2, -0.15) is 0 Å². The number of aldehydes is 1. The van der Waals surface area contributed by atoms with Crippen molar-refractivity contribution < 1.29 is 4.79 Å². The van der Waals surface area contributed by atoms with E-state index in [1.165, 1.54) is 6.92 Å². The molecule has 0 aromatic rings. The molecule has 0 N–H and O–H groups in total. The molecule has 26 valence electrons. The fraction of sp³-hybridized carbons (Fsp3) is 0.500. The molecule has 0 saturated heterocycles. The summed E-state index contributed by atoms with van der Waals surface area (Å²) in [6.07, 6.45) is 0.750. The topological polar surface area (TPSA) is 17.1 Å². The first-order valence-corrected chi connectivity index (χ1v) is 5.49. The molecule has 0 heterocycles. The number of hydrogen-bond acceptors (Lipinski definition) is 1. The number of halogens is 1. The zero-order chi connectivity index (χ0) is 4.71. The fourth-order valence-corrected chi connectivity index (χ4v) is 0. The summed E-state index contributed by atoms with van der Waals surface area (Å²) in [6, 6.07) is 0. The van der Waals surface area contributed by atoms with Gasteiger partial charge in [-0.25, -0.2) is 0 Å². The van der Waals surface area contributed by atoms with Crippen molar-refractivity contribution in [3.8, 4) is 0 Å². The number of rotatable bonds is 0. The van der Waals surface area contributed by atoms with Gasteiger partial charge in [0.05, 0.1) is 0 Å². The second-order valence-corrected chi connectivity index (χ2v) is 0.236. The Morgan fingerprint density at radius 3 is 1.80 bits per heavy atom. The van der Waals surface area contributed by atoms with Gasteiger partial charge < -0.3 is 4.79 Å². The van der Waals surface area contributed by atoms with Crippen LogP contribution in [-0.2, 0) is 4.79 Å². The van der Waals surface area contributed by atoms with E-state index in [0.717, 1.165) is 6.29 Å². The van der Waals surface area contributed by atoms with Gasteiger partial charge >= 0.3 is 50.9 Å². The van der Waals surface area contributed by atoms with Gasteiger partial charge in [-0.05, 0) is 6.92 Å². The van der Waals surface area contributed by atoms with Crippen molar-refractivity contribution in [1.29, 1.82) is 0 Å². The van der Waals surface area contributed by atoms with E-state index in [9.17, 15) is 0 Å². The number of carbonyl (C=O) groups is 1. The molecule has 3 heteroatoms. The van der Waals surface area contributed by atoms with Gasteiger partial charge in [-0.3, -0.25) is 0 Å². The Morgan fingerprint density at radius 2 is 1.80 bits per heavy atom. The van der Waals surface area contributed by atoms with Crippen LogP contribution in [0.5, 0.6) is 0 Å². The molecule has 0 unspecified atom stereocenters. The van der Waals surface area contributed by atoms with E-state index in [0.29, 0.717) is 47.1 Å². The van der Waals surface area contributed by atoms with E-state index < -0.39 is 0 Å². The summed E-state index contributed by atoms with van der Waals surface area (Å²) in [5.74, 6) is 0. The summed E-state index contributed by atoms with van der Waals surface area (Å²) in [5.41, 5.74) is 0. The van der Waals surface area contributed by atoms with E-state index in [1.54, 1.807) is 0 Å². The Bertz CT molecular complexity index is 17.1. The van der Waals surface area contributed by atoms with Crippen molar-refractivity contribution in [2.75, 3.05) is 0 Å². The predicted octanol–water partition coefficient (Wildman–Crippen LogP) is 0.514. The molecule has 0 spiro atoms. The first-order chi connectivity index (χ1) is 2.41. The van der Waals surface area contributed by atoms with Crippen LogP contribution < -0.4 is 0 Å². The summed E-state index contributed by atoms with van der Waals surface area (Å²) in [5, 5.41) is 0. The van der Waals surface area contributed by atoms with Crippen LogP contribution in [0.2, 0.25) is 0 Å². The summed E-state index contributed by atoms with van der Waals surface area (Å²) in [7, 11) is 0. The quantitative estimate of drug-likeness (QED) is 0.335. The zero-order valence-corrected chi connectivity index (χ0v) is 7.24. The molecule has 0 fully saturated rings. The molecule has 0 saturated carbocycles.